The predicted molar refractivity (Wildman–Crippen MR) is 122 cm³/mol. The monoisotopic (exact) mass is 492 g/mol. The molecule has 0 saturated carbocycles. The number of benzene rings is 2. The first-order chi connectivity index (χ1) is 16.5. The molecular weight excluding hydrogens is 465 g/mol. The van der Waals surface area contributed by atoms with E-state index in [9.17, 15) is 27.6 Å². The number of carbonyl (C=O) groups is 3. The van der Waals surface area contributed by atoms with Crippen molar-refractivity contribution in [1.29, 1.82) is 0 Å². The van der Waals surface area contributed by atoms with E-state index in [1.165, 1.54) is 0 Å². The number of hydrogen-bond donors (Lipinski definition) is 2. The van der Waals surface area contributed by atoms with Gasteiger partial charge in [-0.25, -0.2) is 4.79 Å². The Labute approximate surface area is 200 Å². The number of carboxylic acids is 1. The van der Waals surface area contributed by atoms with E-state index in [-0.39, 0.29) is 29.8 Å². The van der Waals surface area contributed by atoms with Crippen molar-refractivity contribution in [1.82, 2.24) is 10.2 Å². The fourth-order valence-corrected chi connectivity index (χ4v) is 4.29. The molecule has 10 heteroatoms. The molecule has 35 heavy (non-hydrogen) atoms. The quantitative estimate of drug-likeness (QED) is 0.541. The molecule has 0 bridgehead atoms. The normalized spacial score (nSPS) is 13.7. The largest absolute Gasteiger partial charge is 0.480 e. The third-order valence-corrected chi connectivity index (χ3v) is 5.65. The molecule has 0 heterocycles. The Morgan fingerprint density at radius 1 is 1.03 bits per heavy atom. The highest BCUT2D eigenvalue weighted by molar-refractivity contribution is 5.88. The molecule has 1 atom stereocenters. The van der Waals surface area contributed by atoms with Crippen LogP contribution in [0.15, 0.2) is 48.5 Å². The summed E-state index contributed by atoms with van der Waals surface area (Å²) in [6.45, 7) is 0.540. The van der Waals surface area contributed by atoms with Crippen LogP contribution in [0.25, 0.3) is 11.1 Å². The molecule has 1 aliphatic carbocycles. The van der Waals surface area contributed by atoms with E-state index in [0.717, 1.165) is 22.3 Å². The average molecular weight is 492 g/mol. The van der Waals surface area contributed by atoms with E-state index >= 15 is 0 Å². The molecule has 1 unspecified atom stereocenters. The summed E-state index contributed by atoms with van der Waals surface area (Å²) in [5.41, 5.74) is 4.02. The molecule has 0 aromatic heterocycles. The van der Waals surface area contributed by atoms with Crippen molar-refractivity contribution < 1.29 is 37.4 Å². The van der Waals surface area contributed by atoms with E-state index < -0.39 is 43.3 Å². The molecule has 2 amide bonds. The van der Waals surface area contributed by atoms with E-state index in [2.05, 4.69) is 5.32 Å². The van der Waals surface area contributed by atoms with Gasteiger partial charge in [-0.05, 0) is 34.6 Å². The first-order valence-corrected chi connectivity index (χ1v) is 11.1. The van der Waals surface area contributed by atoms with Gasteiger partial charge >= 0.3 is 18.2 Å². The number of carbonyl (C=O) groups excluding carboxylic acids is 2. The van der Waals surface area contributed by atoms with Gasteiger partial charge in [0, 0.05) is 5.92 Å². The summed E-state index contributed by atoms with van der Waals surface area (Å²) >= 11 is 0. The van der Waals surface area contributed by atoms with Crippen LogP contribution in [0.4, 0.5) is 18.0 Å². The van der Waals surface area contributed by atoms with Crippen molar-refractivity contribution in [2.24, 2.45) is 5.92 Å². The number of nitrogens with zero attached hydrogens (tertiary/aromatic N) is 1. The summed E-state index contributed by atoms with van der Waals surface area (Å²) in [7, 11) is 0. The zero-order valence-corrected chi connectivity index (χ0v) is 19.3. The van der Waals surface area contributed by atoms with Crippen molar-refractivity contribution in [3.8, 4) is 11.1 Å². The molecule has 0 fully saturated rings. The topological polar surface area (TPSA) is 95.9 Å². The van der Waals surface area contributed by atoms with Crippen LogP contribution in [0.2, 0.25) is 0 Å². The van der Waals surface area contributed by atoms with Crippen LogP contribution in [0.1, 0.15) is 37.3 Å². The first kappa shape index (κ1) is 26.1. The molecule has 2 aromatic rings. The smallest absolute Gasteiger partial charge is 0.407 e. The number of nitrogens with one attached hydrogen (secondary N) is 1. The van der Waals surface area contributed by atoms with Gasteiger partial charge in [-0.15, -0.1) is 0 Å². The van der Waals surface area contributed by atoms with Crippen LogP contribution >= 0.6 is 0 Å². The Balaban J connectivity index is 1.72. The molecule has 0 spiro atoms. The SMILES string of the molecule is CC(C)CC(NC(=O)OCC1c2ccccc2-c2ccccc21)C(=O)N(CC(=O)O)CC(F)(F)F. The summed E-state index contributed by atoms with van der Waals surface area (Å²) in [4.78, 5) is 36.6. The van der Waals surface area contributed by atoms with Gasteiger partial charge < -0.3 is 20.1 Å². The van der Waals surface area contributed by atoms with Gasteiger partial charge in [-0.3, -0.25) is 9.59 Å². The fourth-order valence-electron chi connectivity index (χ4n) is 4.29. The van der Waals surface area contributed by atoms with Crippen molar-refractivity contribution in [2.45, 2.75) is 38.4 Å². The van der Waals surface area contributed by atoms with Gasteiger partial charge in [-0.1, -0.05) is 62.4 Å². The highest BCUT2D eigenvalue weighted by atomic mass is 19.4. The molecule has 3 rings (SSSR count). The second-order valence-electron chi connectivity index (χ2n) is 8.86. The van der Waals surface area contributed by atoms with Crippen LogP contribution in [-0.4, -0.2) is 59.9 Å². The highest BCUT2D eigenvalue weighted by Gasteiger charge is 2.37. The number of hydrogen-bond acceptors (Lipinski definition) is 4. The summed E-state index contributed by atoms with van der Waals surface area (Å²) < 4.78 is 44.2. The molecular formula is C25H27F3N2O5. The molecule has 7 nitrogen and oxygen atoms in total. The number of carboxylic acid groups (broad SMARTS) is 1. The van der Waals surface area contributed by atoms with Gasteiger partial charge in [0.1, 0.15) is 25.7 Å². The summed E-state index contributed by atoms with van der Waals surface area (Å²) in [5, 5.41) is 11.3. The lowest BCUT2D eigenvalue weighted by atomic mass is 9.98. The number of ether oxygens (including phenoxy) is 1. The zero-order valence-electron chi connectivity index (χ0n) is 19.3. The van der Waals surface area contributed by atoms with E-state index in [4.69, 9.17) is 9.84 Å². The van der Waals surface area contributed by atoms with Crippen LogP contribution in [0.5, 0.6) is 0 Å². The maximum atomic E-state index is 12.9. The van der Waals surface area contributed by atoms with Crippen molar-refractivity contribution >= 4 is 18.0 Å². The van der Waals surface area contributed by atoms with Crippen molar-refractivity contribution in [3.63, 3.8) is 0 Å². The highest BCUT2D eigenvalue weighted by Crippen LogP contribution is 2.44. The lowest BCUT2D eigenvalue weighted by Gasteiger charge is -2.28. The lowest BCUT2D eigenvalue weighted by molar-refractivity contribution is -0.166. The fraction of sp³-hybridized carbons (Fsp3) is 0.400. The Kier molecular flexibility index (Phi) is 8.03. The number of aliphatic carboxylic acids is 1. The summed E-state index contributed by atoms with van der Waals surface area (Å²) in [6.07, 6.45) is -5.75. The molecule has 2 aromatic carbocycles. The minimum atomic E-state index is -4.79. The molecule has 0 aliphatic heterocycles. The maximum Gasteiger partial charge on any atom is 0.407 e. The van der Waals surface area contributed by atoms with Crippen LogP contribution in [0.3, 0.4) is 0 Å². The van der Waals surface area contributed by atoms with Crippen LogP contribution in [-0.2, 0) is 14.3 Å². The number of fused-ring (bicyclic) bond motifs is 3. The number of alkyl carbamates (subject to hydrolysis) is 1. The van der Waals surface area contributed by atoms with Crippen LogP contribution in [0, 0.1) is 5.92 Å². The minimum absolute atomic E-state index is 0.0109. The summed E-state index contributed by atoms with van der Waals surface area (Å²) in [5.74, 6) is -3.13. The second kappa shape index (κ2) is 10.8. The number of rotatable bonds is 9. The Morgan fingerprint density at radius 2 is 1.57 bits per heavy atom. The van der Waals surface area contributed by atoms with E-state index in [1.807, 2.05) is 48.5 Å². The molecule has 2 N–H and O–H groups in total. The van der Waals surface area contributed by atoms with Crippen molar-refractivity contribution in [3.05, 3.63) is 59.7 Å². The third kappa shape index (κ3) is 6.74. The van der Waals surface area contributed by atoms with Crippen molar-refractivity contribution in [2.75, 3.05) is 19.7 Å². The van der Waals surface area contributed by atoms with E-state index in [0.29, 0.717) is 0 Å². The van der Waals surface area contributed by atoms with Gasteiger partial charge in [0.2, 0.25) is 5.91 Å². The number of alkyl halides is 3. The Morgan fingerprint density at radius 3 is 2.06 bits per heavy atom. The van der Waals surface area contributed by atoms with Gasteiger partial charge in [0.15, 0.2) is 0 Å². The third-order valence-electron chi connectivity index (χ3n) is 5.65. The molecule has 0 radical (unpaired) electrons. The molecule has 0 saturated heterocycles. The van der Waals surface area contributed by atoms with E-state index in [1.54, 1.807) is 13.8 Å². The predicted octanol–water partition coefficient (Wildman–Crippen LogP) is 4.42. The van der Waals surface area contributed by atoms with Gasteiger partial charge in [0.25, 0.3) is 0 Å². The Hall–Kier alpha value is -3.56. The van der Waals surface area contributed by atoms with Crippen LogP contribution < -0.4 is 5.32 Å². The number of halogens is 3. The molecule has 1 aliphatic rings. The number of amides is 2. The van der Waals surface area contributed by atoms with Gasteiger partial charge in [-0.2, -0.15) is 13.2 Å². The summed E-state index contributed by atoms with van der Waals surface area (Å²) in [6, 6.07) is 14.1. The maximum absolute atomic E-state index is 12.9. The second-order valence-corrected chi connectivity index (χ2v) is 8.86. The van der Waals surface area contributed by atoms with Gasteiger partial charge in [0.05, 0.1) is 0 Å². The first-order valence-electron chi connectivity index (χ1n) is 11.1. The minimum Gasteiger partial charge on any atom is -0.480 e. The lowest BCUT2D eigenvalue weighted by Crippen LogP contribution is -2.52. The standard InChI is InChI=1S/C25H27F3N2O5/c1-15(2)11-21(23(33)30(12-22(31)32)14-25(26,27)28)29-24(34)35-13-20-18-9-5-3-7-16(18)17-8-4-6-10-19(17)20/h3-10,15,20-21H,11-14H2,1-2H3,(H,29,34)(H,31,32). The zero-order chi connectivity index (χ0) is 25.8. The average Bonchev–Trinajstić information content (AvgIpc) is 3.08. The molecule has 188 valence electrons. The Bertz CT molecular complexity index is 1040.